The van der Waals surface area contributed by atoms with E-state index in [9.17, 15) is 9.59 Å². The molecule has 0 aromatic heterocycles. The Hall–Kier alpha value is -1.30. The van der Waals surface area contributed by atoms with E-state index in [-0.39, 0.29) is 12.0 Å². The summed E-state index contributed by atoms with van der Waals surface area (Å²) in [5.41, 5.74) is 0. The van der Waals surface area contributed by atoms with Gasteiger partial charge in [-0.2, -0.15) is 0 Å². The number of rotatable bonds is 5. The first-order chi connectivity index (χ1) is 9.02. The monoisotopic (exact) mass is 271 g/mol. The van der Waals surface area contributed by atoms with Gasteiger partial charge in [0.15, 0.2) is 0 Å². The van der Waals surface area contributed by atoms with Crippen molar-refractivity contribution in [3.63, 3.8) is 0 Å². The summed E-state index contributed by atoms with van der Waals surface area (Å²) in [6.07, 6.45) is 0.320. The van der Waals surface area contributed by atoms with Gasteiger partial charge in [-0.25, -0.2) is 4.79 Å². The fourth-order valence-electron chi connectivity index (χ4n) is 2.08. The lowest BCUT2D eigenvalue weighted by Crippen LogP contribution is -2.50. The molecule has 1 saturated heterocycles. The number of hydrogen-bond donors (Lipinski definition) is 1. The summed E-state index contributed by atoms with van der Waals surface area (Å²) in [6.45, 7) is 8.60. The largest absolute Gasteiger partial charge is 0.453 e. The van der Waals surface area contributed by atoms with Gasteiger partial charge in [0.05, 0.1) is 7.11 Å². The van der Waals surface area contributed by atoms with Crippen LogP contribution in [0.25, 0.3) is 0 Å². The van der Waals surface area contributed by atoms with Gasteiger partial charge in [-0.15, -0.1) is 0 Å². The van der Waals surface area contributed by atoms with Gasteiger partial charge in [0.1, 0.15) is 0 Å². The lowest BCUT2D eigenvalue weighted by atomic mass is 10.1. The third-order valence-electron chi connectivity index (χ3n) is 3.15. The quantitative estimate of drug-likeness (QED) is 0.792. The van der Waals surface area contributed by atoms with Crippen molar-refractivity contribution in [2.45, 2.75) is 20.3 Å². The SMILES string of the molecule is COC(=O)N1CCN(CCNC(=O)CC(C)C)CC1. The summed E-state index contributed by atoms with van der Waals surface area (Å²) in [7, 11) is 1.40. The van der Waals surface area contributed by atoms with E-state index in [4.69, 9.17) is 0 Å². The van der Waals surface area contributed by atoms with Crippen LogP contribution in [0.2, 0.25) is 0 Å². The molecule has 0 unspecified atom stereocenters. The third-order valence-corrected chi connectivity index (χ3v) is 3.15. The molecule has 6 heteroatoms. The van der Waals surface area contributed by atoms with Gasteiger partial charge < -0.3 is 15.0 Å². The highest BCUT2D eigenvalue weighted by atomic mass is 16.5. The molecule has 0 atom stereocenters. The first kappa shape index (κ1) is 15.8. The Morgan fingerprint density at radius 1 is 1.21 bits per heavy atom. The fourth-order valence-corrected chi connectivity index (χ4v) is 2.08. The Morgan fingerprint density at radius 2 is 1.84 bits per heavy atom. The topological polar surface area (TPSA) is 61.9 Å². The molecule has 6 nitrogen and oxygen atoms in total. The molecule has 1 N–H and O–H groups in total. The van der Waals surface area contributed by atoms with Gasteiger partial charge in [0, 0.05) is 45.7 Å². The number of nitrogens with one attached hydrogen (secondary N) is 1. The van der Waals surface area contributed by atoms with Crippen LogP contribution in [0.3, 0.4) is 0 Å². The maximum Gasteiger partial charge on any atom is 0.409 e. The molecular formula is C13H25N3O3. The molecule has 0 aliphatic carbocycles. The molecule has 0 aromatic carbocycles. The molecule has 1 aliphatic heterocycles. The molecule has 1 heterocycles. The number of hydrogen-bond acceptors (Lipinski definition) is 4. The van der Waals surface area contributed by atoms with Crippen molar-refractivity contribution in [2.75, 3.05) is 46.4 Å². The summed E-state index contributed by atoms with van der Waals surface area (Å²) < 4.78 is 4.69. The molecule has 0 spiro atoms. The van der Waals surface area contributed by atoms with Gasteiger partial charge >= 0.3 is 6.09 Å². The van der Waals surface area contributed by atoms with E-state index in [0.717, 1.165) is 19.6 Å². The maximum atomic E-state index is 11.5. The minimum absolute atomic E-state index is 0.114. The van der Waals surface area contributed by atoms with Crippen LogP contribution in [-0.4, -0.2) is 68.2 Å². The second-order valence-corrected chi connectivity index (χ2v) is 5.25. The van der Waals surface area contributed by atoms with Crippen molar-refractivity contribution in [1.29, 1.82) is 0 Å². The molecule has 0 saturated carbocycles. The predicted molar refractivity (Wildman–Crippen MR) is 72.9 cm³/mol. The Kier molecular flexibility index (Phi) is 6.62. The van der Waals surface area contributed by atoms with Crippen molar-refractivity contribution in [3.8, 4) is 0 Å². The smallest absolute Gasteiger partial charge is 0.409 e. The van der Waals surface area contributed by atoms with Crippen molar-refractivity contribution in [1.82, 2.24) is 15.1 Å². The van der Waals surface area contributed by atoms with Crippen LogP contribution in [0.15, 0.2) is 0 Å². The molecular weight excluding hydrogens is 246 g/mol. The second-order valence-electron chi connectivity index (χ2n) is 5.25. The number of carbonyl (C=O) groups is 2. The van der Waals surface area contributed by atoms with E-state index in [1.54, 1.807) is 4.90 Å². The highest BCUT2D eigenvalue weighted by molar-refractivity contribution is 5.76. The van der Waals surface area contributed by atoms with E-state index >= 15 is 0 Å². The highest BCUT2D eigenvalue weighted by Crippen LogP contribution is 2.03. The highest BCUT2D eigenvalue weighted by Gasteiger charge is 2.20. The molecule has 110 valence electrons. The zero-order chi connectivity index (χ0) is 14.3. The van der Waals surface area contributed by atoms with Gasteiger partial charge in [0.25, 0.3) is 0 Å². The number of nitrogens with zero attached hydrogens (tertiary/aromatic N) is 2. The molecule has 0 aromatic rings. The number of piperazine rings is 1. The number of methoxy groups -OCH3 is 1. The number of amides is 2. The van der Waals surface area contributed by atoms with Crippen LogP contribution in [0.5, 0.6) is 0 Å². The zero-order valence-electron chi connectivity index (χ0n) is 12.1. The summed E-state index contributed by atoms with van der Waals surface area (Å²) >= 11 is 0. The van der Waals surface area contributed by atoms with Crippen LogP contribution < -0.4 is 5.32 Å². The van der Waals surface area contributed by atoms with Crippen molar-refractivity contribution >= 4 is 12.0 Å². The summed E-state index contributed by atoms with van der Waals surface area (Å²) in [5.74, 6) is 0.506. The molecule has 2 amide bonds. The Labute approximate surface area is 115 Å². The van der Waals surface area contributed by atoms with Gasteiger partial charge in [-0.1, -0.05) is 13.8 Å². The number of carbonyl (C=O) groups excluding carboxylic acids is 2. The van der Waals surface area contributed by atoms with E-state index in [0.29, 0.717) is 32.0 Å². The van der Waals surface area contributed by atoms with E-state index in [1.807, 2.05) is 13.8 Å². The predicted octanol–water partition coefficient (Wildman–Crippen LogP) is 0.533. The molecule has 0 bridgehead atoms. The minimum atomic E-state index is -0.259. The maximum absolute atomic E-state index is 11.5. The van der Waals surface area contributed by atoms with Gasteiger partial charge in [-0.3, -0.25) is 9.69 Å². The van der Waals surface area contributed by atoms with E-state index < -0.39 is 0 Å². The Bertz CT molecular complexity index is 300. The summed E-state index contributed by atoms with van der Waals surface area (Å²) in [6, 6.07) is 0. The van der Waals surface area contributed by atoms with Crippen LogP contribution in [0.1, 0.15) is 20.3 Å². The zero-order valence-corrected chi connectivity index (χ0v) is 12.1. The average molecular weight is 271 g/mol. The lowest BCUT2D eigenvalue weighted by Gasteiger charge is -2.33. The minimum Gasteiger partial charge on any atom is -0.453 e. The average Bonchev–Trinajstić information content (AvgIpc) is 2.37. The molecule has 0 radical (unpaired) electrons. The standard InChI is InChI=1S/C13H25N3O3/c1-11(2)10-12(17)14-4-5-15-6-8-16(9-7-15)13(18)19-3/h11H,4-10H2,1-3H3,(H,14,17). The van der Waals surface area contributed by atoms with E-state index in [1.165, 1.54) is 7.11 Å². The third kappa shape index (κ3) is 5.92. The van der Waals surface area contributed by atoms with Crippen LogP contribution in [0, 0.1) is 5.92 Å². The molecule has 19 heavy (non-hydrogen) atoms. The van der Waals surface area contributed by atoms with Crippen molar-refractivity contribution < 1.29 is 14.3 Å². The first-order valence-electron chi connectivity index (χ1n) is 6.85. The molecule has 1 aliphatic rings. The van der Waals surface area contributed by atoms with E-state index in [2.05, 4.69) is 15.0 Å². The normalized spacial score (nSPS) is 16.5. The van der Waals surface area contributed by atoms with Crippen LogP contribution in [0.4, 0.5) is 4.79 Å². The van der Waals surface area contributed by atoms with Crippen molar-refractivity contribution in [3.05, 3.63) is 0 Å². The summed E-state index contributed by atoms with van der Waals surface area (Å²) in [5, 5.41) is 2.92. The number of ether oxygens (including phenoxy) is 1. The molecule has 1 fully saturated rings. The first-order valence-corrected chi connectivity index (χ1v) is 6.85. The Morgan fingerprint density at radius 3 is 2.37 bits per heavy atom. The lowest BCUT2D eigenvalue weighted by molar-refractivity contribution is -0.121. The van der Waals surface area contributed by atoms with Crippen LogP contribution in [-0.2, 0) is 9.53 Å². The van der Waals surface area contributed by atoms with Crippen molar-refractivity contribution in [2.24, 2.45) is 5.92 Å². The fraction of sp³-hybridized carbons (Fsp3) is 0.846. The second kappa shape index (κ2) is 7.99. The molecule has 1 rings (SSSR count). The summed E-state index contributed by atoms with van der Waals surface area (Å²) in [4.78, 5) is 26.7. The van der Waals surface area contributed by atoms with Gasteiger partial charge in [-0.05, 0) is 5.92 Å². The van der Waals surface area contributed by atoms with Gasteiger partial charge in [0.2, 0.25) is 5.91 Å². The Balaban J connectivity index is 2.13. The van der Waals surface area contributed by atoms with Crippen LogP contribution >= 0.6 is 0 Å².